The van der Waals surface area contributed by atoms with E-state index < -0.39 is 21.4 Å². The van der Waals surface area contributed by atoms with Gasteiger partial charge < -0.3 is 18.7 Å². The molecular weight excluding hydrogens is 521 g/mol. The zero-order valence-corrected chi connectivity index (χ0v) is 20.9. The summed E-state index contributed by atoms with van der Waals surface area (Å²) in [6.45, 7) is 0.232. The normalized spacial score (nSPS) is 24.5. The van der Waals surface area contributed by atoms with Crippen molar-refractivity contribution in [2.75, 3.05) is 18.5 Å². The Morgan fingerprint density at radius 1 is 1.06 bits per heavy atom. The lowest BCUT2D eigenvalue weighted by Gasteiger charge is -2.36. The Kier molecular flexibility index (Phi) is 6.37. The first-order valence-corrected chi connectivity index (χ1v) is 13.4. The maximum atomic E-state index is 13.1. The molecule has 194 valence electrons. The minimum absolute atomic E-state index is 0.0862. The Balaban J connectivity index is 1.29. The van der Waals surface area contributed by atoms with E-state index in [2.05, 4.69) is 16.1 Å². The highest BCUT2D eigenvalue weighted by atomic mass is 35.5. The molecule has 0 radical (unpaired) electrons. The van der Waals surface area contributed by atoms with Crippen LogP contribution in [-0.4, -0.2) is 56.5 Å². The number of carbonyl (C=O) groups excluding carboxylic acids is 1. The third-order valence-electron chi connectivity index (χ3n) is 7.22. The highest BCUT2D eigenvalue weighted by Gasteiger charge is 2.48. The van der Waals surface area contributed by atoms with E-state index in [-0.39, 0.29) is 24.1 Å². The van der Waals surface area contributed by atoms with E-state index in [1.807, 2.05) is 0 Å². The summed E-state index contributed by atoms with van der Waals surface area (Å²) in [6, 6.07) is 9.65. The summed E-state index contributed by atoms with van der Waals surface area (Å²) in [7, 11) is -3.63. The van der Waals surface area contributed by atoms with Crippen LogP contribution >= 0.6 is 11.6 Å². The van der Waals surface area contributed by atoms with Crippen LogP contribution in [0.1, 0.15) is 41.6 Å². The molecule has 2 saturated heterocycles. The number of benzene rings is 2. The number of halogens is 4. The monoisotopic (exact) mass is 544 g/mol. The lowest BCUT2D eigenvalue weighted by molar-refractivity contribution is -0.0500. The number of carbonyl (C=O) groups is 1. The standard InChI is InChI=1S/C24H24ClF3N2O5S/c1-29-15-2-3-16(29)12-19(11-15)34-22-7-4-17(13-21(22)25)30-9-8-14-10-18(5-6-20(14)23(30)31)35-36(32,33)24(26,27)28/h4-7,10,13,15-16,19H,2-3,8-9,11-12H2,1H3/t15-,16+,19?. The number of amides is 1. The Labute approximate surface area is 211 Å². The fourth-order valence-corrected chi connectivity index (χ4v) is 6.00. The van der Waals surface area contributed by atoms with Crippen molar-refractivity contribution in [3.8, 4) is 11.5 Å². The SMILES string of the molecule is CN1[C@@H]2CC[C@H]1CC(Oc1ccc(N3CCc4cc(OS(=O)(=O)C(F)(F)F)ccc4C3=O)cc1Cl)C2. The van der Waals surface area contributed by atoms with Gasteiger partial charge in [-0.25, -0.2) is 0 Å². The van der Waals surface area contributed by atoms with Gasteiger partial charge in [0.05, 0.1) is 5.02 Å². The van der Waals surface area contributed by atoms with Crippen LogP contribution in [0.4, 0.5) is 18.9 Å². The number of hydrogen-bond acceptors (Lipinski definition) is 6. The van der Waals surface area contributed by atoms with Crippen LogP contribution in [0.5, 0.6) is 11.5 Å². The molecule has 0 aliphatic carbocycles. The molecule has 1 amide bonds. The Bertz CT molecular complexity index is 1290. The van der Waals surface area contributed by atoms with Crippen LogP contribution in [0, 0.1) is 0 Å². The molecule has 3 heterocycles. The number of nitrogens with zero attached hydrogens (tertiary/aromatic N) is 2. The van der Waals surface area contributed by atoms with Gasteiger partial charge in [-0.1, -0.05) is 11.6 Å². The van der Waals surface area contributed by atoms with Crippen LogP contribution in [0.15, 0.2) is 36.4 Å². The molecule has 36 heavy (non-hydrogen) atoms. The van der Waals surface area contributed by atoms with Gasteiger partial charge in [-0.2, -0.15) is 21.6 Å². The van der Waals surface area contributed by atoms with Crippen LogP contribution in [0.3, 0.4) is 0 Å². The van der Waals surface area contributed by atoms with Gasteiger partial charge in [0.25, 0.3) is 5.91 Å². The van der Waals surface area contributed by atoms with Crippen molar-refractivity contribution in [3.63, 3.8) is 0 Å². The molecule has 2 bridgehead atoms. The molecule has 5 rings (SSSR count). The molecule has 0 saturated carbocycles. The number of fused-ring (bicyclic) bond motifs is 3. The predicted molar refractivity (Wildman–Crippen MR) is 127 cm³/mol. The van der Waals surface area contributed by atoms with Gasteiger partial charge in [0.2, 0.25) is 0 Å². The van der Waals surface area contributed by atoms with Crippen molar-refractivity contribution in [2.24, 2.45) is 0 Å². The average Bonchev–Trinajstić information content (AvgIpc) is 3.00. The van der Waals surface area contributed by atoms with Crippen LogP contribution in [-0.2, 0) is 16.5 Å². The molecule has 2 fully saturated rings. The Morgan fingerprint density at radius 2 is 1.75 bits per heavy atom. The fourth-order valence-electron chi connectivity index (χ4n) is 5.33. The van der Waals surface area contributed by atoms with Crippen LogP contribution in [0.2, 0.25) is 5.02 Å². The lowest BCUT2D eigenvalue weighted by Crippen LogP contribution is -2.43. The summed E-state index contributed by atoms with van der Waals surface area (Å²) in [6.07, 6.45) is 4.63. The predicted octanol–water partition coefficient (Wildman–Crippen LogP) is 4.78. The molecule has 0 aromatic heterocycles. The van der Waals surface area contributed by atoms with Gasteiger partial charge in [0.1, 0.15) is 17.6 Å². The number of anilines is 1. The summed E-state index contributed by atoms with van der Waals surface area (Å²) in [5, 5.41) is 0.387. The second-order valence-electron chi connectivity index (χ2n) is 9.39. The minimum atomic E-state index is -5.79. The maximum absolute atomic E-state index is 13.1. The third-order valence-corrected chi connectivity index (χ3v) is 8.50. The van der Waals surface area contributed by atoms with Crippen molar-refractivity contribution in [1.82, 2.24) is 4.90 Å². The van der Waals surface area contributed by atoms with Crippen LogP contribution in [0.25, 0.3) is 0 Å². The van der Waals surface area contributed by atoms with E-state index in [9.17, 15) is 26.4 Å². The van der Waals surface area contributed by atoms with Gasteiger partial charge in [-0.15, -0.1) is 0 Å². The molecule has 3 aliphatic heterocycles. The van der Waals surface area contributed by atoms with Gasteiger partial charge in [-0.05, 0) is 81.1 Å². The van der Waals surface area contributed by atoms with E-state index in [0.29, 0.717) is 40.5 Å². The first-order valence-electron chi connectivity index (χ1n) is 11.6. The number of rotatable bonds is 5. The van der Waals surface area contributed by atoms with Gasteiger partial charge in [0, 0.05) is 29.9 Å². The molecule has 1 unspecified atom stereocenters. The second kappa shape index (κ2) is 9.11. The summed E-state index contributed by atoms with van der Waals surface area (Å²) < 4.78 is 70.8. The van der Waals surface area contributed by atoms with E-state index in [0.717, 1.165) is 25.0 Å². The second-order valence-corrected chi connectivity index (χ2v) is 11.3. The largest absolute Gasteiger partial charge is 0.534 e. The van der Waals surface area contributed by atoms with E-state index in [4.69, 9.17) is 16.3 Å². The first-order chi connectivity index (χ1) is 16.9. The first kappa shape index (κ1) is 25.2. The molecular formula is C24H24ClF3N2O5S. The molecule has 2 aromatic rings. The molecule has 7 nitrogen and oxygen atoms in total. The van der Waals surface area contributed by atoms with Crippen LogP contribution < -0.4 is 13.8 Å². The van der Waals surface area contributed by atoms with Crippen molar-refractivity contribution in [3.05, 3.63) is 52.5 Å². The molecule has 2 aromatic carbocycles. The van der Waals surface area contributed by atoms with Gasteiger partial charge in [0.15, 0.2) is 0 Å². The zero-order chi connectivity index (χ0) is 25.8. The van der Waals surface area contributed by atoms with Gasteiger partial charge in [-0.3, -0.25) is 4.79 Å². The molecule has 0 N–H and O–H groups in total. The minimum Gasteiger partial charge on any atom is -0.489 e. The molecule has 3 aliphatic rings. The topological polar surface area (TPSA) is 76.2 Å². The highest BCUT2D eigenvalue weighted by Crippen LogP contribution is 2.39. The highest BCUT2D eigenvalue weighted by molar-refractivity contribution is 7.88. The maximum Gasteiger partial charge on any atom is 0.534 e. The average molecular weight is 545 g/mol. The van der Waals surface area contributed by atoms with Gasteiger partial charge >= 0.3 is 15.6 Å². The molecule has 0 spiro atoms. The number of alkyl halides is 3. The number of ether oxygens (including phenoxy) is 1. The quantitative estimate of drug-likeness (QED) is 0.398. The Morgan fingerprint density at radius 3 is 2.39 bits per heavy atom. The number of piperidine rings is 1. The smallest absolute Gasteiger partial charge is 0.489 e. The summed E-state index contributed by atoms with van der Waals surface area (Å²) in [4.78, 5) is 17.0. The summed E-state index contributed by atoms with van der Waals surface area (Å²) in [5.41, 5.74) is -4.34. The zero-order valence-electron chi connectivity index (χ0n) is 19.3. The van der Waals surface area contributed by atoms with Crippen molar-refractivity contribution in [2.45, 2.75) is 55.8 Å². The van der Waals surface area contributed by atoms with Crippen molar-refractivity contribution >= 4 is 33.3 Å². The molecule has 3 atom stereocenters. The van der Waals surface area contributed by atoms with E-state index in [1.54, 1.807) is 18.2 Å². The fraction of sp³-hybridized carbons (Fsp3) is 0.458. The lowest BCUT2D eigenvalue weighted by atomic mass is 9.98. The van der Waals surface area contributed by atoms with Crippen molar-refractivity contribution < 1.29 is 35.3 Å². The Hall–Kier alpha value is -2.50. The van der Waals surface area contributed by atoms with Crippen molar-refractivity contribution in [1.29, 1.82) is 0 Å². The third kappa shape index (κ3) is 4.64. The summed E-state index contributed by atoms with van der Waals surface area (Å²) in [5.74, 6) is -0.316. The van der Waals surface area contributed by atoms with E-state index in [1.165, 1.54) is 23.8 Å². The number of hydrogen-bond donors (Lipinski definition) is 0. The summed E-state index contributed by atoms with van der Waals surface area (Å²) >= 11 is 6.51. The van der Waals surface area contributed by atoms with E-state index >= 15 is 0 Å². The molecule has 12 heteroatoms.